The molecular formula is C18H23N3O2S. The van der Waals surface area contributed by atoms with Crippen molar-refractivity contribution in [3.8, 4) is 0 Å². The smallest absolute Gasteiger partial charge is 0.338 e. The van der Waals surface area contributed by atoms with Crippen LogP contribution in [0.15, 0.2) is 29.1 Å². The number of esters is 1. The number of hydrogen-bond donors (Lipinski definition) is 1. The average molecular weight is 345 g/mol. The van der Waals surface area contributed by atoms with E-state index in [-0.39, 0.29) is 5.97 Å². The van der Waals surface area contributed by atoms with Gasteiger partial charge in [-0.05, 0) is 37.5 Å². The van der Waals surface area contributed by atoms with E-state index in [4.69, 9.17) is 4.74 Å². The van der Waals surface area contributed by atoms with E-state index in [1.165, 1.54) is 7.11 Å². The molecular weight excluding hydrogens is 322 g/mol. The summed E-state index contributed by atoms with van der Waals surface area (Å²) in [4.78, 5) is 18.6. The molecule has 0 amide bonds. The molecule has 1 fully saturated rings. The second-order valence-electron chi connectivity index (χ2n) is 6.20. The van der Waals surface area contributed by atoms with Crippen LogP contribution in [0.5, 0.6) is 0 Å². The lowest BCUT2D eigenvalue weighted by molar-refractivity contribution is 0.0600. The summed E-state index contributed by atoms with van der Waals surface area (Å²) in [5.41, 5.74) is 5.60. The number of benzene rings is 1. The Morgan fingerprint density at radius 2 is 2.21 bits per heavy atom. The second-order valence-corrected chi connectivity index (χ2v) is 6.91. The van der Waals surface area contributed by atoms with Gasteiger partial charge in [-0.15, -0.1) is 11.3 Å². The van der Waals surface area contributed by atoms with Crippen LogP contribution in [0, 0.1) is 6.92 Å². The van der Waals surface area contributed by atoms with Crippen molar-refractivity contribution in [2.24, 2.45) is 0 Å². The van der Waals surface area contributed by atoms with Crippen LogP contribution in [0.3, 0.4) is 0 Å². The summed E-state index contributed by atoms with van der Waals surface area (Å²) < 4.78 is 4.85. The fraction of sp³-hybridized carbons (Fsp3) is 0.444. The molecule has 0 bridgehead atoms. The minimum Gasteiger partial charge on any atom is -0.465 e. The van der Waals surface area contributed by atoms with Gasteiger partial charge in [-0.3, -0.25) is 4.90 Å². The number of aromatic nitrogens is 1. The first-order valence-corrected chi connectivity index (χ1v) is 9.15. The Labute approximate surface area is 146 Å². The second kappa shape index (κ2) is 7.77. The molecule has 5 nitrogen and oxygen atoms in total. The molecule has 0 aliphatic carbocycles. The van der Waals surface area contributed by atoms with Gasteiger partial charge in [-0.1, -0.05) is 6.07 Å². The van der Waals surface area contributed by atoms with Crippen molar-refractivity contribution in [2.75, 3.05) is 25.5 Å². The van der Waals surface area contributed by atoms with Gasteiger partial charge >= 0.3 is 5.97 Å². The summed E-state index contributed by atoms with van der Waals surface area (Å²) >= 11 is 1.65. The molecule has 128 valence electrons. The van der Waals surface area contributed by atoms with E-state index < -0.39 is 0 Å². The Kier molecular flexibility index (Phi) is 5.48. The molecule has 2 aromatic rings. The summed E-state index contributed by atoms with van der Waals surface area (Å²) in [5, 5.41) is 5.67. The SMILES string of the molecule is COC(=O)c1cc(NC2CCN(Cc3cscn3)CC2)ccc1C. The molecule has 0 saturated carbocycles. The van der Waals surface area contributed by atoms with Gasteiger partial charge in [0, 0.05) is 36.7 Å². The Morgan fingerprint density at radius 1 is 1.42 bits per heavy atom. The predicted molar refractivity (Wildman–Crippen MR) is 96.6 cm³/mol. The van der Waals surface area contributed by atoms with Crippen LogP contribution in [-0.2, 0) is 11.3 Å². The fourth-order valence-electron chi connectivity index (χ4n) is 3.06. The molecule has 6 heteroatoms. The molecule has 1 saturated heterocycles. The molecule has 0 atom stereocenters. The average Bonchev–Trinajstić information content (AvgIpc) is 3.10. The highest BCUT2D eigenvalue weighted by atomic mass is 32.1. The van der Waals surface area contributed by atoms with Crippen molar-refractivity contribution in [3.05, 3.63) is 45.9 Å². The minimum atomic E-state index is -0.283. The van der Waals surface area contributed by atoms with E-state index >= 15 is 0 Å². The van der Waals surface area contributed by atoms with Crippen LogP contribution < -0.4 is 5.32 Å². The zero-order chi connectivity index (χ0) is 16.9. The van der Waals surface area contributed by atoms with Crippen LogP contribution in [0.4, 0.5) is 5.69 Å². The monoisotopic (exact) mass is 345 g/mol. The third kappa shape index (κ3) is 4.13. The van der Waals surface area contributed by atoms with Crippen molar-refractivity contribution in [1.82, 2.24) is 9.88 Å². The van der Waals surface area contributed by atoms with Gasteiger partial charge in [-0.25, -0.2) is 9.78 Å². The van der Waals surface area contributed by atoms with E-state index in [1.54, 1.807) is 11.3 Å². The van der Waals surface area contributed by atoms with Crippen molar-refractivity contribution >= 4 is 23.0 Å². The number of aryl methyl sites for hydroxylation is 1. The minimum absolute atomic E-state index is 0.283. The Bertz CT molecular complexity index is 680. The van der Waals surface area contributed by atoms with Crippen molar-refractivity contribution in [1.29, 1.82) is 0 Å². The molecule has 1 aliphatic heterocycles. The number of likely N-dealkylation sites (tertiary alicyclic amines) is 1. The number of carbonyl (C=O) groups excluding carboxylic acids is 1. The lowest BCUT2D eigenvalue weighted by Crippen LogP contribution is -2.38. The topological polar surface area (TPSA) is 54.5 Å². The quantitative estimate of drug-likeness (QED) is 0.843. The van der Waals surface area contributed by atoms with E-state index in [1.807, 2.05) is 30.6 Å². The Balaban J connectivity index is 1.55. The van der Waals surface area contributed by atoms with E-state index in [2.05, 4.69) is 20.6 Å². The first kappa shape index (κ1) is 16.9. The molecule has 24 heavy (non-hydrogen) atoms. The van der Waals surface area contributed by atoms with E-state index in [9.17, 15) is 4.79 Å². The maximum atomic E-state index is 11.8. The van der Waals surface area contributed by atoms with E-state index in [0.717, 1.165) is 49.4 Å². The molecule has 0 unspecified atom stereocenters. The van der Waals surface area contributed by atoms with Gasteiger partial charge in [0.1, 0.15) is 0 Å². The highest BCUT2D eigenvalue weighted by Gasteiger charge is 2.20. The standard InChI is InChI=1S/C18H23N3O2S/c1-13-3-4-15(9-17(13)18(22)23-2)20-14-5-7-21(8-6-14)10-16-11-24-12-19-16/h3-4,9,11-12,14,20H,5-8,10H2,1-2H3. The number of methoxy groups -OCH3 is 1. The number of rotatable bonds is 5. The van der Waals surface area contributed by atoms with Crippen LogP contribution >= 0.6 is 11.3 Å². The molecule has 1 N–H and O–H groups in total. The molecule has 0 spiro atoms. The summed E-state index contributed by atoms with van der Waals surface area (Å²) in [7, 11) is 1.42. The first-order valence-electron chi connectivity index (χ1n) is 8.20. The summed E-state index contributed by atoms with van der Waals surface area (Å²) in [6.45, 7) is 4.98. The maximum Gasteiger partial charge on any atom is 0.338 e. The third-order valence-electron chi connectivity index (χ3n) is 4.47. The number of thiazole rings is 1. The van der Waals surface area contributed by atoms with Gasteiger partial charge in [0.05, 0.1) is 23.9 Å². The van der Waals surface area contributed by atoms with Crippen LogP contribution in [0.2, 0.25) is 0 Å². The summed E-state index contributed by atoms with van der Waals surface area (Å²) in [6, 6.07) is 6.32. The lowest BCUT2D eigenvalue weighted by Gasteiger charge is -2.32. The van der Waals surface area contributed by atoms with Crippen LogP contribution in [0.25, 0.3) is 0 Å². The summed E-state index contributed by atoms with van der Waals surface area (Å²) in [5.74, 6) is -0.283. The van der Waals surface area contributed by atoms with Gasteiger partial charge in [0.2, 0.25) is 0 Å². The number of carbonyl (C=O) groups is 1. The number of ether oxygens (including phenoxy) is 1. The molecule has 3 rings (SSSR count). The normalized spacial score (nSPS) is 16.1. The van der Waals surface area contributed by atoms with Gasteiger partial charge in [0.25, 0.3) is 0 Å². The van der Waals surface area contributed by atoms with Crippen LogP contribution in [0.1, 0.15) is 34.5 Å². The maximum absolute atomic E-state index is 11.8. The number of anilines is 1. The third-order valence-corrected chi connectivity index (χ3v) is 5.11. The lowest BCUT2D eigenvalue weighted by atomic mass is 10.0. The number of nitrogens with zero attached hydrogens (tertiary/aromatic N) is 2. The molecule has 1 aromatic carbocycles. The van der Waals surface area contributed by atoms with Gasteiger partial charge < -0.3 is 10.1 Å². The highest BCUT2D eigenvalue weighted by Crippen LogP contribution is 2.21. The fourth-order valence-corrected chi connectivity index (χ4v) is 3.61. The van der Waals surface area contributed by atoms with Crippen molar-refractivity contribution in [2.45, 2.75) is 32.4 Å². The number of nitrogens with one attached hydrogen (secondary N) is 1. The zero-order valence-corrected chi connectivity index (χ0v) is 14.9. The number of piperidine rings is 1. The number of hydrogen-bond acceptors (Lipinski definition) is 6. The van der Waals surface area contributed by atoms with Crippen LogP contribution in [-0.4, -0.2) is 42.1 Å². The predicted octanol–water partition coefficient (Wildman–Crippen LogP) is 3.31. The summed E-state index contributed by atoms with van der Waals surface area (Å²) in [6.07, 6.45) is 2.18. The Morgan fingerprint density at radius 3 is 2.88 bits per heavy atom. The van der Waals surface area contributed by atoms with E-state index in [0.29, 0.717) is 11.6 Å². The highest BCUT2D eigenvalue weighted by molar-refractivity contribution is 7.07. The molecule has 1 aromatic heterocycles. The first-order chi connectivity index (χ1) is 11.7. The van der Waals surface area contributed by atoms with Crippen molar-refractivity contribution in [3.63, 3.8) is 0 Å². The molecule has 2 heterocycles. The Hall–Kier alpha value is -1.92. The molecule has 1 aliphatic rings. The largest absolute Gasteiger partial charge is 0.465 e. The molecule has 0 radical (unpaired) electrons. The van der Waals surface area contributed by atoms with Gasteiger partial charge in [-0.2, -0.15) is 0 Å². The van der Waals surface area contributed by atoms with Crippen molar-refractivity contribution < 1.29 is 9.53 Å². The van der Waals surface area contributed by atoms with Gasteiger partial charge in [0.15, 0.2) is 0 Å². The zero-order valence-electron chi connectivity index (χ0n) is 14.1.